The third kappa shape index (κ3) is 5.08. The molecule has 0 aliphatic carbocycles. The van der Waals surface area contributed by atoms with Gasteiger partial charge < -0.3 is 14.0 Å². The lowest BCUT2D eigenvalue weighted by atomic mass is 10.2. The van der Waals surface area contributed by atoms with Gasteiger partial charge in [0.1, 0.15) is 18.0 Å². The van der Waals surface area contributed by atoms with Gasteiger partial charge in [0.25, 0.3) is 5.91 Å². The molecule has 174 valence electrons. The van der Waals surface area contributed by atoms with E-state index in [0.717, 1.165) is 17.6 Å². The average molecular weight is 497 g/mol. The van der Waals surface area contributed by atoms with Crippen molar-refractivity contribution in [2.75, 3.05) is 13.4 Å². The molecule has 1 aromatic heterocycles. The number of nitrogens with zero attached hydrogens (tertiary/aromatic N) is 2. The highest BCUT2D eigenvalue weighted by Crippen LogP contribution is 2.26. The molecular weight excluding hydrogens is 476 g/mol. The summed E-state index contributed by atoms with van der Waals surface area (Å²) in [5.74, 6) is -0.199. The van der Waals surface area contributed by atoms with Gasteiger partial charge in [-0.3, -0.25) is 9.59 Å². The molecule has 0 fully saturated rings. The van der Waals surface area contributed by atoms with Crippen molar-refractivity contribution >= 4 is 43.3 Å². The SMILES string of the molecule is COC(=O)Cn1c(=NC(=O)c2ccccc2Oc2ccccc2)sc2cc(S(C)(=O)=O)ccc21. The fraction of sp³-hybridized carbons (Fsp3) is 0.125. The Labute approximate surface area is 199 Å². The van der Waals surface area contributed by atoms with Gasteiger partial charge in [-0.05, 0) is 42.5 Å². The highest BCUT2D eigenvalue weighted by molar-refractivity contribution is 7.90. The van der Waals surface area contributed by atoms with E-state index < -0.39 is 21.7 Å². The number of esters is 1. The van der Waals surface area contributed by atoms with Crippen molar-refractivity contribution in [2.24, 2.45) is 4.99 Å². The normalized spacial score (nSPS) is 12.0. The minimum atomic E-state index is -3.44. The highest BCUT2D eigenvalue weighted by Gasteiger charge is 2.17. The number of amides is 1. The molecule has 10 heteroatoms. The highest BCUT2D eigenvalue weighted by atomic mass is 32.2. The van der Waals surface area contributed by atoms with Gasteiger partial charge in [0, 0.05) is 6.26 Å². The second-order valence-corrected chi connectivity index (χ2v) is 10.3. The lowest BCUT2D eigenvalue weighted by Gasteiger charge is -2.08. The monoisotopic (exact) mass is 496 g/mol. The Balaban J connectivity index is 1.82. The van der Waals surface area contributed by atoms with E-state index in [4.69, 9.17) is 9.47 Å². The molecule has 8 nitrogen and oxygen atoms in total. The van der Waals surface area contributed by atoms with E-state index in [1.54, 1.807) is 42.5 Å². The van der Waals surface area contributed by atoms with Gasteiger partial charge in [0.2, 0.25) is 0 Å². The standard InChI is InChI=1S/C24H20N2O6S2/c1-31-22(27)15-26-19-13-12-17(34(2,29)30)14-21(19)33-24(26)25-23(28)18-10-6-7-11-20(18)32-16-8-4-3-5-9-16/h3-14H,15H2,1-2H3. The molecule has 0 atom stereocenters. The summed E-state index contributed by atoms with van der Waals surface area (Å²) in [4.78, 5) is 29.8. The summed E-state index contributed by atoms with van der Waals surface area (Å²) in [5.41, 5.74) is 0.799. The van der Waals surface area contributed by atoms with E-state index in [2.05, 4.69) is 4.99 Å². The number of hydrogen-bond donors (Lipinski definition) is 0. The number of fused-ring (bicyclic) bond motifs is 1. The Kier molecular flexibility index (Phi) is 6.62. The van der Waals surface area contributed by atoms with Crippen LogP contribution in [0.1, 0.15) is 10.4 Å². The zero-order valence-corrected chi connectivity index (χ0v) is 19.9. The Bertz CT molecular complexity index is 1550. The number of aromatic nitrogens is 1. The number of carbonyl (C=O) groups is 2. The maximum atomic E-state index is 13.2. The van der Waals surface area contributed by atoms with E-state index in [0.29, 0.717) is 21.7 Å². The van der Waals surface area contributed by atoms with E-state index in [9.17, 15) is 18.0 Å². The molecule has 4 rings (SSSR count). The number of para-hydroxylation sites is 2. The number of carbonyl (C=O) groups excluding carboxylic acids is 2. The maximum absolute atomic E-state index is 13.2. The first-order valence-electron chi connectivity index (χ1n) is 10.1. The van der Waals surface area contributed by atoms with E-state index >= 15 is 0 Å². The van der Waals surface area contributed by atoms with Gasteiger partial charge in [-0.2, -0.15) is 4.99 Å². The van der Waals surface area contributed by atoms with Crippen LogP contribution in [0.15, 0.2) is 82.7 Å². The number of hydrogen-bond acceptors (Lipinski definition) is 7. The third-order valence-electron chi connectivity index (χ3n) is 4.88. The van der Waals surface area contributed by atoms with Crippen LogP contribution < -0.4 is 9.54 Å². The van der Waals surface area contributed by atoms with Crippen LogP contribution in [0, 0.1) is 0 Å². The minimum absolute atomic E-state index is 0.131. The smallest absolute Gasteiger partial charge is 0.325 e. The predicted molar refractivity (Wildman–Crippen MR) is 128 cm³/mol. The van der Waals surface area contributed by atoms with Gasteiger partial charge in [-0.25, -0.2) is 8.42 Å². The summed E-state index contributed by atoms with van der Waals surface area (Å²) >= 11 is 1.10. The van der Waals surface area contributed by atoms with E-state index in [-0.39, 0.29) is 21.8 Å². The van der Waals surface area contributed by atoms with Gasteiger partial charge in [0.05, 0.1) is 27.8 Å². The van der Waals surface area contributed by atoms with E-state index in [1.807, 2.05) is 18.2 Å². The van der Waals surface area contributed by atoms with Crippen LogP contribution >= 0.6 is 11.3 Å². The van der Waals surface area contributed by atoms with Crippen LogP contribution in [-0.2, 0) is 25.9 Å². The fourth-order valence-electron chi connectivity index (χ4n) is 3.21. The topological polar surface area (TPSA) is 104 Å². The lowest BCUT2D eigenvalue weighted by Crippen LogP contribution is -2.22. The van der Waals surface area contributed by atoms with Crippen LogP contribution in [0.5, 0.6) is 11.5 Å². The number of ether oxygens (including phenoxy) is 2. The molecule has 0 saturated carbocycles. The first-order valence-corrected chi connectivity index (χ1v) is 12.8. The molecule has 3 aromatic carbocycles. The number of methoxy groups -OCH3 is 1. The van der Waals surface area contributed by atoms with Gasteiger partial charge in [0.15, 0.2) is 14.6 Å². The number of rotatable bonds is 6. The van der Waals surface area contributed by atoms with E-state index in [1.165, 1.54) is 23.8 Å². The molecule has 0 aliphatic heterocycles. The first-order chi connectivity index (χ1) is 16.3. The fourth-order valence-corrected chi connectivity index (χ4v) is 5.00. The van der Waals surface area contributed by atoms with Gasteiger partial charge in [-0.1, -0.05) is 41.7 Å². The summed E-state index contributed by atoms with van der Waals surface area (Å²) in [5, 5.41) is 0. The molecule has 0 spiro atoms. The third-order valence-corrected chi connectivity index (χ3v) is 7.03. The molecule has 0 bridgehead atoms. The molecule has 0 aliphatic rings. The molecule has 0 unspecified atom stereocenters. The largest absolute Gasteiger partial charge is 0.468 e. The van der Waals surface area contributed by atoms with Crippen molar-refractivity contribution in [3.63, 3.8) is 0 Å². The quantitative estimate of drug-likeness (QED) is 0.376. The molecule has 1 heterocycles. The van der Waals surface area contributed by atoms with Gasteiger partial charge >= 0.3 is 5.97 Å². The van der Waals surface area contributed by atoms with Crippen molar-refractivity contribution in [2.45, 2.75) is 11.4 Å². The van der Waals surface area contributed by atoms with Crippen LogP contribution in [0.2, 0.25) is 0 Å². The number of thiazole rings is 1. The summed E-state index contributed by atoms with van der Waals surface area (Å²) in [6.07, 6.45) is 1.11. The Hall–Kier alpha value is -3.76. The average Bonchev–Trinajstić information content (AvgIpc) is 3.15. The van der Waals surface area contributed by atoms with Crippen molar-refractivity contribution in [3.05, 3.63) is 83.2 Å². The Morgan fingerprint density at radius 1 is 1.00 bits per heavy atom. The lowest BCUT2D eigenvalue weighted by molar-refractivity contribution is -0.141. The molecule has 1 amide bonds. The molecule has 4 aromatic rings. The second-order valence-electron chi connectivity index (χ2n) is 7.28. The summed E-state index contributed by atoms with van der Waals surface area (Å²) < 4.78 is 36.7. The van der Waals surface area contributed by atoms with Crippen molar-refractivity contribution in [3.8, 4) is 11.5 Å². The van der Waals surface area contributed by atoms with Crippen molar-refractivity contribution in [1.82, 2.24) is 4.57 Å². The summed E-state index contributed by atoms with van der Waals surface area (Å²) in [7, 11) is -2.17. The van der Waals surface area contributed by atoms with Crippen molar-refractivity contribution in [1.29, 1.82) is 0 Å². The van der Waals surface area contributed by atoms with Crippen LogP contribution in [-0.4, -0.2) is 38.2 Å². The van der Waals surface area contributed by atoms with Crippen LogP contribution in [0.3, 0.4) is 0 Å². The minimum Gasteiger partial charge on any atom is -0.468 e. The van der Waals surface area contributed by atoms with Crippen LogP contribution in [0.4, 0.5) is 0 Å². The first kappa shape index (κ1) is 23.4. The summed E-state index contributed by atoms with van der Waals surface area (Å²) in [6, 6.07) is 20.3. The molecule has 0 radical (unpaired) electrons. The summed E-state index contributed by atoms with van der Waals surface area (Å²) in [6.45, 7) is -0.191. The van der Waals surface area contributed by atoms with Crippen LogP contribution in [0.25, 0.3) is 10.2 Å². The number of sulfone groups is 1. The Morgan fingerprint density at radius 2 is 1.71 bits per heavy atom. The zero-order valence-electron chi connectivity index (χ0n) is 18.3. The maximum Gasteiger partial charge on any atom is 0.325 e. The number of benzene rings is 3. The predicted octanol–water partition coefficient (Wildman–Crippen LogP) is 3.81. The zero-order chi connectivity index (χ0) is 24.3. The van der Waals surface area contributed by atoms with Crippen molar-refractivity contribution < 1.29 is 27.5 Å². The second kappa shape index (κ2) is 9.62. The molecular formula is C24H20N2O6S2. The molecule has 34 heavy (non-hydrogen) atoms. The molecule has 0 saturated heterocycles. The Morgan fingerprint density at radius 3 is 2.41 bits per heavy atom. The molecule has 0 N–H and O–H groups in total. The van der Waals surface area contributed by atoms with Gasteiger partial charge in [-0.15, -0.1) is 0 Å².